The van der Waals surface area contributed by atoms with Crippen LogP contribution in [-0.4, -0.2) is 37.2 Å². The topological polar surface area (TPSA) is 50.4 Å². The van der Waals surface area contributed by atoms with Crippen molar-refractivity contribution in [3.63, 3.8) is 0 Å². The van der Waals surface area contributed by atoms with Crippen molar-refractivity contribution in [2.24, 2.45) is 5.92 Å². The van der Waals surface area contributed by atoms with Crippen LogP contribution in [0.15, 0.2) is 0 Å². The third kappa shape index (κ3) is 2.86. The number of hydrogen-bond donors (Lipinski definition) is 2. The van der Waals surface area contributed by atoms with Crippen molar-refractivity contribution in [1.82, 2.24) is 10.6 Å². The first-order chi connectivity index (χ1) is 8.81. The van der Waals surface area contributed by atoms with Crippen molar-refractivity contribution < 1.29 is 9.53 Å². The van der Waals surface area contributed by atoms with E-state index in [0.717, 1.165) is 13.0 Å². The Bertz CT molecular complexity index is 302. The molecule has 4 nitrogen and oxygen atoms in total. The monoisotopic (exact) mass is 252 g/mol. The van der Waals surface area contributed by atoms with Gasteiger partial charge in [-0.25, -0.2) is 0 Å². The molecule has 1 aliphatic carbocycles. The molecule has 1 saturated carbocycles. The van der Waals surface area contributed by atoms with Crippen LogP contribution in [0.3, 0.4) is 0 Å². The average Bonchev–Trinajstić information content (AvgIpc) is 3.09. The average molecular weight is 252 g/mol. The van der Waals surface area contributed by atoms with Crippen LogP contribution < -0.4 is 10.6 Å². The third-order valence-electron chi connectivity index (χ3n) is 4.70. The fourth-order valence-electron chi connectivity index (χ4n) is 3.63. The van der Waals surface area contributed by atoms with Crippen LogP contribution in [-0.2, 0) is 9.53 Å². The van der Waals surface area contributed by atoms with Crippen molar-refractivity contribution in [3.05, 3.63) is 0 Å². The summed E-state index contributed by atoms with van der Waals surface area (Å²) in [6.07, 6.45) is 9.52. The van der Waals surface area contributed by atoms with Gasteiger partial charge in [0.05, 0.1) is 18.8 Å². The van der Waals surface area contributed by atoms with E-state index in [1.54, 1.807) is 0 Å². The first-order valence-corrected chi connectivity index (χ1v) is 7.47. The van der Waals surface area contributed by atoms with E-state index in [4.69, 9.17) is 4.74 Å². The molecule has 1 amide bonds. The van der Waals surface area contributed by atoms with Crippen LogP contribution >= 0.6 is 0 Å². The number of rotatable bonds is 5. The van der Waals surface area contributed by atoms with Gasteiger partial charge < -0.3 is 15.4 Å². The van der Waals surface area contributed by atoms with E-state index in [1.165, 1.54) is 38.5 Å². The molecule has 0 aromatic rings. The number of carbonyl (C=O) groups excluding carboxylic acids is 1. The SMILES string of the molecule is O=C(CNC1CCCC1)NCC1CC2CCC1O2. The maximum Gasteiger partial charge on any atom is 0.233 e. The molecule has 3 atom stereocenters. The highest BCUT2D eigenvalue weighted by Crippen LogP contribution is 2.38. The predicted molar refractivity (Wildman–Crippen MR) is 69.3 cm³/mol. The van der Waals surface area contributed by atoms with Crippen LogP contribution in [0.4, 0.5) is 0 Å². The lowest BCUT2D eigenvalue weighted by molar-refractivity contribution is -0.120. The van der Waals surface area contributed by atoms with E-state index < -0.39 is 0 Å². The number of amides is 1. The molecule has 0 aromatic carbocycles. The van der Waals surface area contributed by atoms with Crippen molar-refractivity contribution in [3.8, 4) is 0 Å². The molecule has 2 heterocycles. The summed E-state index contributed by atoms with van der Waals surface area (Å²) < 4.78 is 5.79. The molecule has 0 spiro atoms. The molecule has 2 saturated heterocycles. The Morgan fingerprint density at radius 3 is 2.67 bits per heavy atom. The highest BCUT2D eigenvalue weighted by Gasteiger charge is 2.40. The number of hydrogen-bond acceptors (Lipinski definition) is 3. The summed E-state index contributed by atoms with van der Waals surface area (Å²) in [6.45, 7) is 1.28. The van der Waals surface area contributed by atoms with E-state index in [1.807, 2.05) is 0 Å². The number of nitrogens with one attached hydrogen (secondary N) is 2. The van der Waals surface area contributed by atoms with E-state index in [9.17, 15) is 4.79 Å². The fraction of sp³-hybridized carbons (Fsp3) is 0.929. The molecule has 0 radical (unpaired) electrons. The summed E-state index contributed by atoms with van der Waals surface area (Å²) in [5.41, 5.74) is 0. The lowest BCUT2D eigenvalue weighted by Gasteiger charge is -2.19. The van der Waals surface area contributed by atoms with Crippen LogP contribution in [0.25, 0.3) is 0 Å². The maximum atomic E-state index is 11.7. The fourth-order valence-corrected chi connectivity index (χ4v) is 3.63. The highest BCUT2D eigenvalue weighted by atomic mass is 16.5. The van der Waals surface area contributed by atoms with Crippen molar-refractivity contribution in [1.29, 1.82) is 0 Å². The molecule has 3 aliphatic rings. The van der Waals surface area contributed by atoms with Crippen LogP contribution in [0, 0.1) is 5.92 Å². The Hall–Kier alpha value is -0.610. The van der Waals surface area contributed by atoms with Gasteiger partial charge in [0.25, 0.3) is 0 Å². The minimum absolute atomic E-state index is 0.143. The van der Waals surface area contributed by atoms with Crippen LogP contribution in [0.5, 0.6) is 0 Å². The van der Waals surface area contributed by atoms with E-state index in [2.05, 4.69) is 10.6 Å². The first kappa shape index (κ1) is 12.4. The minimum Gasteiger partial charge on any atom is -0.375 e. The summed E-state index contributed by atoms with van der Waals surface area (Å²) in [5.74, 6) is 0.698. The van der Waals surface area contributed by atoms with Crippen molar-refractivity contribution in [2.75, 3.05) is 13.1 Å². The lowest BCUT2D eigenvalue weighted by atomic mass is 9.89. The Morgan fingerprint density at radius 1 is 1.17 bits per heavy atom. The quantitative estimate of drug-likeness (QED) is 0.773. The van der Waals surface area contributed by atoms with E-state index in [-0.39, 0.29) is 5.91 Å². The molecule has 2 N–H and O–H groups in total. The predicted octanol–water partition coefficient (Wildman–Crippen LogP) is 1.20. The first-order valence-electron chi connectivity index (χ1n) is 7.47. The molecule has 2 aliphatic heterocycles. The highest BCUT2D eigenvalue weighted by molar-refractivity contribution is 5.78. The van der Waals surface area contributed by atoms with Crippen molar-refractivity contribution >= 4 is 5.91 Å². The molecule has 3 rings (SSSR count). The van der Waals surface area contributed by atoms with Gasteiger partial charge in [0.2, 0.25) is 5.91 Å². The second kappa shape index (κ2) is 5.57. The number of ether oxygens (including phenoxy) is 1. The molecular formula is C14H24N2O2. The summed E-state index contributed by atoms with van der Waals surface area (Å²) in [6, 6.07) is 0.571. The summed E-state index contributed by atoms with van der Waals surface area (Å²) >= 11 is 0. The Labute approximate surface area is 109 Å². The molecule has 4 heteroatoms. The lowest BCUT2D eigenvalue weighted by Crippen LogP contribution is -2.41. The summed E-state index contributed by atoms with van der Waals surface area (Å²) in [7, 11) is 0. The molecule has 3 fully saturated rings. The Kier molecular flexibility index (Phi) is 3.85. The van der Waals surface area contributed by atoms with Gasteiger partial charge in [-0.1, -0.05) is 12.8 Å². The van der Waals surface area contributed by atoms with Gasteiger partial charge in [-0.2, -0.15) is 0 Å². The molecule has 3 unspecified atom stereocenters. The van der Waals surface area contributed by atoms with Crippen LogP contribution in [0.1, 0.15) is 44.9 Å². The molecule has 2 bridgehead atoms. The smallest absolute Gasteiger partial charge is 0.233 e. The molecule has 18 heavy (non-hydrogen) atoms. The Morgan fingerprint density at radius 2 is 2.00 bits per heavy atom. The standard InChI is InChI=1S/C14H24N2O2/c17-14(9-15-11-3-1-2-4-11)16-8-10-7-12-5-6-13(10)18-12/h10-13,15H,1-9H2,(H,16,17). The second-order valence-electron chi connectivity index (χ2n) is 6.04. The van der Waals surface area contributed by atoms with Gasteiger partial charge in [0.1, 0.15) is 0 Å². The normalized spacial score (nSPS) is 35.2. The summed E-state index contributed by atoms with van der Waals surface area (Å²) in [5, 5.41) is 6.40. The number of fused-ring (bicyclic) bond motifs is 2. The zero-order valence-corrected chi connectivity index (χ0v) is 11.0. The third-order valence-corrected chi connectivity index (χ3v) is 4.70. The van der Waals surface area contributed by atoms with Crippen molar-refractivity contribution in [2.45, 2.75) is 63.2 Å². The van der Waals surface area contributed by atoms with Gasteiger partial charge in [-0.15, -0.1) is 0 Å². The minimum atomic E-state index is 0.143. The zero-order valence-electron chi connectivity index (χ0n) is 11.0. The van der Waals surface area contributed by atoms with Gasteiger partial charge >= 0.3 is 0 Å². The summed E-state index contributed by atoms with van der Waals surface area (Å²) in [4.78, 5) is 11.7. The van der Waals surface area contributed by atoms with E-state index >= 15 is 0 Å². The van der Waals surface area contributed by atoms with Gasteiger partial charge in [0, 0.05) is 18.5 Å². The molecule has 0 aromatic heterocycles. The molecule has 102 valence electrons. The van der Waals surface area contributed by atoms with Gasteiger partial charge in [-0.05, 0) is 32.1 Å². The zero-order chi connectivity index (χ0) is 12.4. The van der Waals surface area contributed by atoms with Gasteiger partial charge in [0.15, 0.2) is 0 Å². The number of carbonyl (C=O) groups is 1. The largest absolute Gasteiger partial charge is 0.375 e. The second-order valence-corrected chi connectivity index (χ2v) is 6.04. The van der Waals surface area contributed by atoms with Gasteiger partial charge in [-0.3, -0.25) is 4.79 Å². The Balaban J connectivity index is 1.31. The van der Waals surface area contributed by atoms with E-state index in [0.29, 0.717) is 30.7 Å². The van der Waals surface area contributed by atoms with Crippen LogP contribution in [0.2, 0.25) is 0 Å². The maximum absolute atomic E-state index is 11.7. The molecular weight excluding hydrogens is 228 g/mol.